The first-order valence-electron chi connectivity index (χ1n) is 6.47. The molecule has 1 fully saturated rings. The largest absolute Gasteiger partial charge is 0.338 e. The Kier molecular flexibility index (Phi) is 4.25. The number of piperidine rings is 1. The number of carbonyl (C=O) groups excluding carboxylic acids is 1. The van der Waals surface area contributed by atoms with Gasteiger partial charge in [0, 0.05) is 31.5 Å². The Hall–Kier alpha value is -1.49. The second-order valence-electron chi connectivity index (χ2n) is 4.73. The SMILES string of the molecule is CCC1CN(C(=O)c2cncnc2)CCC1NC. The van der Waals surface area contributed by atoms with Gasteiger partial charge in [0.1, 0.15) is 6.33 Å². The van der Waals surface area contributed by atoms with Gasteiger partial charge in [-0.1, -0.05) is 13.3 Å². The van der Waals surface area contributed by atoms with E-state index in [1.54, 1.807) is 12.4 Å². The minimum absolute atomic E-state index is 0.0450. The van der Waals surface area contributed by atoms with Gasteiger partial charge in [0.15, 0.2) is 0 Å². The van der Waals surface area contributed by atoms with Crippen LogP contribution in [-0.4, -0.2) is 47.0 Å². The van der Waals surface area contributed by atoms with Crippen LogP contribution in [0.25, 0.3) is 0 Å². The predicted octanol–water partition coefficient (Wildman–Crippen LogP) is 0.937. The molecule has 1 saturated heterocycles. The molecule has 0 bridgehead atoms. The average Bonchev–Trinajstić information content (AvgIpc) is 2.46. The van der Waals surface area contributed by atoms with Crippen molar-refractivity contribution in [2.75, 3.05) is 20.1 Å². The van der Waals surface area contributed by atoms with E-state index in [1.165, 1.54) is 6.33 Å². The van der Waals surface area contributed by atoms with Crippen LogP contribution in [0.15, 0.2) is 18.7 Å². The molecule has 2 rings (SSSR count). The summed E-state index contributed by atoms with van der Waals surface area (Å²) in [5.41, 5.74) is 0.579. The lowest BCUT2D eigenvalue weighted by Crippen LogP contribution is -2.50. The van der Waals surface area contributed by atoms with E-state index >= 15 is 0 Å². The maximum Gasteiger partial charge on any atom is 0.257 e. The number of hydrogen-bond donors (Lipinski definition) is 1. The molecule has 1 N–H and O–H groups in total. The van der Waals surface area contributed by atoms with Gasteiger partial charge in [-0.3, -0.25) is 4.79 Å². The summed E-state index contributed by atoms with van der Waals surface area (Å²) in [6.45, 7) is 3.79. The lowest BCUT2D eigenvalue weighted by molar-refractivity contribution is 0.0631. The van der Waals surface area contributed by atoms with Gasteiger partial charge in [-0.2, -0.15) is 0 Å². The number of carbonyl (C=O) groups is 1. The Morgan fingerprint density at radius 2 is 2.22 bits per heavy atom. The normalized spacial score (nSPS) is 24.0. The molecule has 0 aliphatic carbocycles. The standard InChI is InChI=1S/C13H20N4O/c1-3-10-8-17(5-4-12(10)14-2)13(18)11-6-15-9-16-7-11/h6-7,9-10,12,14H,3-5,8H2,1-2H3. The fraction of sp³-hybridized carbons (Fsp3) is 0.615. The van der Waals surface area contributed by atoms with Crippen LogP contribution >= 0.6 is 0 Å². The molecule has 18 heavy (non-hydrogen) atoms. The maximum atomic E-state index is 12.3. The molecule has 0 aromatic carbocycles. The second kappa shape index (κ2) is 5.91. The molecular weight excluding hydrogens is 228 g/mol. The molecule has 2 atom stereocenters. The highest BCUT2D eigenvalue weighted by atomic mass is 16.2. The Labute approximate surface area is 108 Å². The van der Waals surface area contributed by atoms with Crippen LogP contribution < -0.4 is 5.32 Å². The zero-order valence-electron chi connectivity index (χ0n) is 11.0. The summed E-state index contributed by atoms with van der Waals surface area (Å²) in [6, 6.07) is 0.520. The van der Waals surface area contributed by atoms with E-state index in [4.69, 9.17) is 0 Å². The molecule has 5 heteroatoms. The van der Waals surface area contributed by atoms with Crippen LogP contribution in [0.1, 0.15) is 30.1 Å². The van der Waals surface area contributed by atoms with Crippen molar-refractivity contribution < 1.29 is 4.79 Å². The van der Waals surface area contributed by atoms with Crippen molar-refractivity contribution in [3.8, 4) is 0 Å². The molecule has 1 amide bonds. The van der Waals surface area contributed by atoms with Crippen molar-refractivity contribution in [1.29, 1.82) is 0 Å². The lowest BCUT2D eigenvalue weighted by Gasteiger charge is -2.38. The van der Waals surface area contributed by atoms with Gasteiger partial charge in [0.05, 0.1) is 5.56 Å². The summed E-state index contributed by atoms with van der Waals surface area (Å²) in [4.78, 5) is 22.0. The van der Waals surface area contributed by atoms with E-state index in [2.05, 4.69) is 22.2 Å². The molecule has 1 aliphatic rings. The quantitative estimate of drug-likeness (QED) is 0.865. The number of nitrogens with one attached hydrogen (secondary N) is 1. The van der Waals surface area contributed by atoms with E-state index in [9.17, 15) is 4.79 Å². The number of amides is 1. The first-order chi connectivity index (χ1) is 8.76. The third kappa shape index (κ3) is 2.67. The monoisotopic (exact) mass is 248 g/mol. The number of nitrogens with zero attached hydrogens (tertiary/aromatic N) is 3. The van der Waals surface area contributed by atoms with Gasteiger partial charge >= 0.3 is 0 Å². The summed E-state index contributed by atoms with van der Waals surface area (Å²) in [7, 11) is 2.00. The van der Waals surface area contributed by atoms with Gasteiger partial charge in [0.2, 0.25) is 0 Å². The fourth-order valence-electron chi connectivity index (χ4n) is 2.60. The highest BCUT2D eigenvalue weighted by molar-refractivity contribution is 5.93. The van der Waals surface area contributed by atoms with Gasteiger partial charge in [-0.25, -0.2) is 9.97 Å². The van der Waals surface area contributed by atoms with E-state index in [-0.39, 0.29) is 5.91 Å². The maximum absolute atomic E-state index is 12.3. The molecule has 0 radical (unpaired) electrons. The van der Waals surface area contributed by atoms with Crippen LogP contribution in [0.2, 0.25) is 0 Å². The van der Waals surface area contributed by atoms with E-state index in [0.717, 1.165) is 25.9 Å². The van der Waals surface area contributed by atoms with Crippen molar-refractivity contribution >= 4 is 5.91 Å². The smallest absolute Gasteiger partial charge is 0.257 e. The third-order valence-corrected chi connectivity index (χ3v) is 3.72. The minimum Gasteiger partial charge on any atom is -0.338 e. The first-order valence-corrected chi connectivity index (χ1v) is 6.47. The number of rotatable bonds is 3. The molecule has 2 heterocycles. The Balaban J connectivity index is 2.05. The summed E-state index contributed by atoms with van der Waals surface area (Å²) in [6.07, 6.45) is 6.70. The van der Waals surface area contributed by atoms with Crippen molar-refractivity contribution in [1.82, 2.24) is 20.2 Å². The number of hydrogen-bond acceptors (Lipinski definition) is 4. The van der Waals surface area contributed by atoms with Crippen LogP contribution in [0.5, 0.6) is 0 Å². The highest BCUT2D eigenvalue weighted by Crippen LogP contribution is 2.21. The fourth-order valence-corrected chi connectivity index (χ4v) is 2.60. The third-order valence-electron chi connectivity index (χ3n) is 3.72. The van der Waals surface area contributed by atoms with E-state index < -0.39 is 0 Å². The summed E-state index contributed by atoms with van der Waals surface area (Å²) < 4.78 is 0. The molecule has 0 spiro atoms. The van der Waals surface area contributed by atoms with Crippen molar-refractivity contribution in [2.45, 2.75) is 25.8 Å². The van der Waals surface area contributed by atoms with Gasteiger partial charge in [-0.15, -0.1) is 0 Å². The Bertz CT molecular complexity index is 395. The summed E-state index contributed by atoms with van der Waals surface area (Å²) in [5, 5.41) is 3.34. The summed E-state index contributed by atoms with van der Waals surface area (Å²) >= 11 is 0. The van der Waals surface area contributed by atoms with Gasteiger partial charge < -0.3 is 10.2 Å². The van der Waals surface area contributed by atoms with Crippen LogP contribution in [0, 0.1) is 5.92 Å². The van der Waals surface area contributed by atoms with Gasteiger partial charge in [-0.05, 0) is 19.4 Å². The van der Waals surface area contributed by atoms with Gasteiger partial charge in [0.25, 0.3) is 5.91 Å². The number of likely N-dealkylation sites (tertiary alicyclic amines) is 1. The highest BCUT2D eigenvalue weighted by Gasteiger charge is 2.29. The Morgan fingerprint density at radius 1 is 1.50 bits per heavy atom. The first kappa shape index (κ1) is 13.0. The van der Waals surface area contributed by atoms with Crippen LogP contribution in [0.4, 0.5) is 0 Å². The predicted molar refractivity (Wildman–Crippen MR) is 69.2 cm³/mol. The molecule has 1 aromatic rings. The molecular formula is C13H20N4O. The average molecular weight is 248 g/mol. The minimum atomic E-state index is 0.0450. The van der Waals surface area contributed by atoms with Crippen molar-refractivity contribution in [3.05, 3.63) is 24.3 Å². The zero-order chi connectivity index (χ0) is 13.0. The van der Waals surface area contributed by atoms with E-state index in [0.29, 0.717) is 17.5 Å². The lowest BCUT2D eigenvalue weighted by atomic mass is 9.90. The van der Waals surface area contributed by atoms with E-state index in [1.807, 2.05) is 11.9 Å². The Morgan fingerprint density at radius 3 is 2.83 bits per heavy atom. The number of aromatic nitrogens is 2. The van der Waals surface area contributed by atoms with Crippen molar-refractivity contribution in [2.24, 2.45) is 5.92 Å². The molecule has 1 aromatic heterocycles. The van der Waals surface area contributed by atoms with Crippen LogP contribution in [-0.2, 0) is 0 Å². The van der Waals surface area contributed by atoms with Crippen LogP contribution in [0.3, 0.4) is 0 Å². The molecule has 1 aliphatic heterocycles. The zero-order valence-corrected chi connectivity index (χ0v) is 11.0. The molecule has 5 nitrogen and oxygen atoms in total. The molecule has 0 saturated carbocycles. The summed E-state index contributed by atoms with van der Waals surface area (Å²) in [5.74, 6) is 0.570. The molecule has 2 unspecified atom stereocenters. The topological polar surface area (TPSA) is 58.1 Å². The molecule has 98 valence electrons. The second-order valence-corrected chi connectivity index (χ2v) is 4.73. The van der Waals surface area contributed by atoms with Crippen molar-refractivity contribution in [3.63, 3.8) is 0 Å².